The number of carbonyl (C=O) groups excluding carboxylic acids is 1. The molecule has 0 saturated heterocycles. The zero-order valence-electron chi connectivity index (χ0n) is 15.3. The molecule has 0 saturated carbocycles. The molecule has 7 nitrogen and oxygen atoms in total. The van der Waals surface area contributed by atoms with E-state index in [0.717, 1.165) is 9.44 Å². The summed E-state index contributed by atoms with van der Waals surface area (Å²) >= 11 is 13.6. The first-order valence-electron chi connectivity index (χ1n) is 8.80. The van der Waals surface area contributed by atoms with Crippen molar-refractivity contribution in [3.8, 4) is 0 Å². The number of aromatic nitrogens is 3. The molecule has 0 bridgehead atoms. The Morgan fingerprint density at radius 1 is 1.03 bits per heavy atom. The van der Waals surface area contributed by atoms with Gasteiger partial charge >= 0.3 is 5.69 Å². The van der Waals surface area contributed by atoms with E-state index in [1.807, 2.05) is 17.5 Å². The van der Waals surface area contributed by atoms with Crippen LogP contribution in [0.1, 0.15) is 4.88 Å². The Hall–Kier alpha value is -2.94. The van der Waals surface area contributed by atoms with E-state index in [4.69, 9.17) is 23.2 Å². The van der Waals surface area contributed by atoms with Crippen molar-refractivity contribution in [1.29, 1.82) is 0 Å². The maximum absolute atomic E-state index is 13.1. The Labute approximate surface area is 184 Å². The monoisotopic (exact) mass is 460 g/mol. The molecule has 1 aromatic carbocycles. The number of nitrogens with one attached hydrogen (secondary N) is 1. The quantitative estimate of drug-likeness (QED) is 0.492. The lowest BCUT2D eigenvalue weighted by Gasteiger charge is -2.14. The highest BCUT2D eigenvalue weighted by molar-refractivity contribution is 7.09. The molecule has 1 N–H and O–H groups in total. The minimum Gasteiger partial charge on any atom is -0.322 e. The van der Waals surface area contributed by atoms with Gasteiger partial charge < -0.3 is 5.32 Å². The summed E-state index contributed by atoms with van der Waals surface area (Å²) < 4.78 is 2.30. The Morgan fingerprint density at radius 3 is 2.50 bits per heavy atom. The van der Waals surface area contributed by atoms with Crippen LogP contribution in [-0.2, 0) is 17.9 Å². The van der Waals surface area contributed by atoms with Gasteiger partial charge in [0.1, 0.15) is 6.54 Å². The molecule has 0 aliphatic rings. The molecule has 0 radical (unpaired) electrons. The number of fused-ring (bicyclic) bond motifs is 1. The topological polar surface area (TPSA) is 86.0 Å². The number of carbonyl (C=O) groups is 1. The van der Waals surface area contributed by atoms with E-state index in [-0.39, 0.29) is 39.9 Å². The predicted molar refractivity (Wildman–Crippen MR) is 119 cm³/mol. The van der Waals surface area contributed by atoms with E-state index in [1.54, 1.807) is 30.3 Å². The van der Waals surface area contributed by atoms with Crippen LogP contribution >= 0.6 is 34.5 Å². The molecule has 0 aliphatic heterocycles. The third-order valence-electron chi connectivity index (χ3n) is 4.41. The second-order valence-electron chi connectivity index (χ2n) is 6.36. The van der Waals surface area contributed by atoms with E-state index in [0.29, 0.717) is 0 Å². The van der Waals surface area contributed by atoms with Crippen LogP contribution in [0.5, 0.6) is 0 Å². The largest absolute Gasteiger partial charge is 0.332 e. The second kappa shape index (κ2) is 8.43. The zero-order valence-corrected chi connectivity index (χ0v) is 17.7. The van der Waals surface area contributed by atoms with Crippen LogP contribution in [0.4, 0.5) is 5.69 Å². The molecule has 4 rings (SSSR count). The molecule has 152 valence electrons. The van der Waals surface area contributed by atoms with Gasteiger partial charge in [0.15, 0.2) is 5.52 Å². The van der Waals surface area contributed by atoms with E-state index in [9.17, 15) is 14.4 Å². The van der Waals surface area contributed by atoms with Gasteiger partial charge in [-0.2, -0.15) is 0 Å². The molecule has 0 spiro atoms. The highest BCUT2D eigenvalue weighted by Gasteiger charge is 2.18. The van der Waals surface area contributed by atoms with E-state index in [1.165, 1.54) is 22.1 Å². The highest BCUT2D eigenvalue weighted by Crippen LogP contribution is 2.29. The Kier molecular flexibility index (Phi) is 5.72. The lowest BCUT2D eigenvalue weighted by atomic mass is 10.3. The smallest absolute Gasteiger partial charge is 0.322 e. The number of thiophene rings is 1. The van der Waals surface area contributed by atoms with Gasteiger partial charge in [-0.15, -0.1) is 11.3 Å². The molecule has 0 aliphatic carbocycles. The molecular weight excluding hydrogens is 447 g/mol. The highest BCUT2D eigenvalue weighted by atomic mass is 35.5. The normalized spacial score (nSPS) is 11.0. The van der Waals surface area contributed by atoms with Gasteiger partial charge in [0.25, 0.3) is 5.56 Å². The second-order valence-corrected chi connectivity index (χ2v) is 8.20. The molecule has 30 heavy (non-hydrogen) atoms. The van der Waals surface area contributed by atoms with Crippen molar-refractivity contribution in [2.75, 3.05) is 5.32 Å². The molecule has 4 aromatic rings. The van der Waals surface area contributed by atoms with Crippen LogP contribution < -0.4 is 16.6 Å². The fourth-order valence-corrected chi connectivity index (χ4v) is 4.22. The molecule has 3 heterocycles. The van der Waals surface area contributed by atoms with Crippen LogP contribution in [0, 0.1) is 0 Å². The van der Waals surface area contributed by atoms with Crippen molar-refractivity contribution in [2.24, 2.45) is 0 Å². The molecular formula is C20H14Cl2N4O3S. The summed E-state index contributed by atoms with van der Waals surface area (Å²) in [5.74, 6) is -0.515. The van der Waals surface area contributed by atoms with Crippen LogP contribution in [0.15, 0.2) is 63.6 Å². The predicted octanol–water partition coefficient (Wildman–Crippen LogP) is 3.61. The van der Waals surface area contributed by atoms with Crippen molar-refractivity contribution in [3.05, 3.63) is 89.8 Å². The number of amides is 1. The third kappa shape index (κ3) is 3.89. The van der Waals surface area contributed by atoms with Crippen LogP contribution in [0.3, 0.4) is 0 Å². The maximum Gasteiger partial charge on any atom is 0.332 e. The van der Waals surface area contributed by atoms with Gasteiger partial charge in [0, 0.05) is 11.1 Å². The molecule has 3 aromatic heterocycles. The van der Waals surface area contributed by atoms with Gasteiger partial charge in [0.2, 0.25) is 5.91 Å². The zero-order chi connectivity index (χ0) is 21.3. The van der Waals surface area contributed by atoms with Gasteiger partial charge in [0.05, 0.1) is 27.8 Å². The fourth-order valence-electron chi connectivity index (χ4n) is 3.03. The minimum absolute atomic E-state index is 0.0970. The first-order valence-corrected chi connectivity index (χ1v) is 10.4. The number of hydrogen-bond donors (Lipinski definition) is 1. The summed E-state index contributed by atoms with van der Waals surface area (Å²) in [5.41, 5.74) is -0.468. The van der Waals surface area contributed by atoms with Gasteiger partial charge in [-0.1, -0.05) is 35.3 Å². The van der Waals surface area contributed by atoms with Crippen molar-refractivity contribution < 1.29 is 4.79 Å². The minimum atomic E-state index is -0.602. The van der Waals surface area contributed by atoms with Crippen molar-refractivity contribution in [3.63, 3.8) is 0 Å². The average molecular weight is 461 g/mol. The molecule has 0 fully saturated rings. The molecule has 1 amide bonds. The molecule has 0 unspecified atom stereocenters. The number of para-hydroxylation sites is 1. The number of hydrogen-bond acceptors (Lipinski definition) is 5. The standard InChI is InChI=1S/C20H14Cl2N4O3S/c21-13-5-1-6-14(22)17(13)24-16(27)11-25-15-7-2-8-23-18(15)19(28)26(20(25)29)10-12-4-3-9-30-12/h1-9H,10-11H2,(H,24,27). The van der Waals surface area contributed by atoms with Crippen molar-refractivity contribution >= 4 is 57.2 Å². The number of nitrogens with zero attached hydrogens (tertiary/aromatic N) is 3. The van der Waals surface area contributed by atoms with E-state index in [2.05, 4.69) is 10.3 Å². The summed E-state index contributed by atoms with van der Waals surface area (Å²) in [4.78, 5) is 43.6. The molecule has 0 atom stereocenters. The summed E-state index contributed by atoms with van der Waals surface area (Å²) in [6.07, 6.45) is 1.47. The van der Waals surface area contributed by atoms with Crippen molar-refractivity contribution in [1.82, 2.24) is 14.1 Å². The fraction of sp³-hybridized carbons (Fsp3) is 0.100. The molecule has 10 heteroatoms. The lowest BCUT2D eigenvalue weighted by molar-refractivity contribution is -0.116. The first-order chi connectivity index (χ1) is 14.5. The average Bonchev–Trinajstić information content (AvgIpc) is 3.25. The van der Waals surface area contributed by atoms with Gasteiger partial charge in [-0.25, -0.2) is 9.78 Å². The number of anilines is 1. The van der Waals surface area contributed by atoms with E-state index < -0.39 is 17.2 Å². The van der Waals surface area contributed by atoms with Crippen LogP contribution in [0.2, 0.25) is 10.0 Å². The lowest BCUT2D eigenvalue weighted by Crippen LogP contribution is -2.42. The Balaban J connectivity index is 1.77. The number of benzene rings is 1. The Morgan fingerprint density at radius 2 is 1.80 bits per heavy atom. The van der Waals surface area contributed by atoms with E-state index >= 15 is 0 Å². The third-order valence-corrected chi connectivity index (χ3v) is 5.90. The van der Waals surface area contributed by atoms with Gasteiger partial charge in [-0.3, -0.25) is 18.7 Å². The SMILES string of the molecule is O=C(Cn1c(=O)n(Cc2cccs2)c(=O)c2ncccc21)Nc1c(Cl)cccc1Cl. The maximum atomic E-state index is 13.1. The summed E-state index contributed by atoms with van der Waals surface area (Å²) in [6, 6.07) is 11.7. The number of halogens is 2. The van der Waals surface area contributed by atoms with Crippen molar-refractivity contribution in [2.45, 2.75) is 13.1 Å². The van der Waals surface area contributed by atoms with Crippen LogP contribution in [0.25, 0.3) is 11.0 Å². The first kappa shape index (κ1) is 20.3. The summed E-state index contributed by atoms with van der Waals surface area (Å²) in [7, 11) is 0. The Bertz CT molecular complexity index is 1340. The van der Waals surface area contributed by atoms with Gasteiger partial charge in [-0.05, 0) is 35.7 Å². The van der Waals surface area contributed by atoms with Crippen LogP contribution in [-0.4, -0.2) is 20.0 Å². The summed E-state index contributed by atoms with van der Waals surface area (Å²) in [5, 5.41) is 5.04. The number of rotatable bonds is 5. The number of pyridine rings is 1. The summed E-state index contributed by atoms with van der Waals surface area (Å²) in [6.45, 7) is -0.243.